The van der Waals surface area contributed by atoms with Gasteiger partial charge in [0.15, 0.2) is 0 Å². The van der Waals surface area contributed by atoms with E-state index in [0.717, 1.165) is 4.57 Å². The molecule has 8 heteroatoms. The molecule has 5 nitrogen and oxygen atoms in total. The Labute approximate surface area is 112 Å². The van der Waals surface area contributed by atoms with Crippen molar-refractivity contribution >= 4 is 22.6 Å². The number of aromatic nitrogens is 2. The predicted molar refractivity (Wildman–Crippen MR) is 67.7 cm³/mol. The number of fused-ring (bicyclic) bond motifs is 1. The highest BCUT2D eigenvalue weighted by molar-refractivity contribution is 5.87. The van der Waals surface area contributed by atoms with Gasteiger partial charge in [-0.3, -0.25) is 4.79 Å². The SMILES string of the molecule is CC(C)(C(N)=O)n1c(C(F)(F)F)nc2cc(N)ccc21. The van der Waals surface area contributed by atoms with Crippen molar-refractivity contribution in [3.63, 3.8) is 0 Å². The third kappa shape index (κ3) is 2.06. The molecule has 0 bridgehead atoms. The number of nitrogen functional groups attached to an aromatic ring is 1. The number of benzene rings is 1. The Morgan fingerprint density at radius 3 is 2.40 bits per heavy atom. The van der Waals surface area contributed by atoms with E-state index in [2.05, 4.69) is 4.98 Å². The van der Waals surface area contributed by atoms with Crippen molar-refractivity contribution in [2.45, 2.75) is 25.6 Å². The molecule has 0 aliphatic carbocycles. The Kier molecular flexibility index (Phi) is 2.92. The number of hydrogen-bond acceptors (Lipinski definition) is 3. The average Bonchev–Trinajstić information content (AvgIpc) is 2.67. The van der Waals surface area contributed by atoms with Crippen LogP contribution >= 0.6 is 0 Å². The molecule has 1 heterocycles. The van der Waals surface area contributed by atoms with Gasteiger partial charge in [0, 0.05) is 5.69 Å². The molecule has 0 unspecified atom stereocenters. The summed E-state index contributed by atoms with van der Waals surface area (Å²) in [5.74, 6) is -2.07. The molecule has 0 saturated carbocycles. The number of anilines is 1. The van der Waals surface area contributed by atoms with Crippen LogP contribution in [0.25, 0.3) is 11.0 Å². The predicted octanol–water partition coefficient (Wildman–Crippen LogP) is 1.86. The molecular formula is C12H13F3N4O. The summed E-state index contributed by atoms with van der Waals surface area (Å²) in [7, 11) is 0. The summed E-state index contributed by atoms with van der Waals surface area (Å²) in [6, 6.07) is 4.15. The summed E-state index contributed by atoms with van der Waals surface area (Å²) in [5, 5.41) is 0. The van der Waals surface area contributed by atoms with Crippen LogP contribution in [0.1, 0.15) is 19.7 Å². The minimum Gasteiger partial charge on any atom is -0.399 e. The summed E-state index contributed by atoms with van der Waals surface area (Å²) in [6.45, 7) is 2.62. The molecule has 4 N–H and O–H groups in total. The maximum Gasteiger partial charge on any atom is 0.449 e. The number of alkyl halides is 3. The molecule has 0 atom stereocenters. The van der Waals surface area contributed by atoms with Gasteiger partial charge in [0.05, 0.1) is 11.0 Å². The first-order valence-electron chi connectivity index (χ1n) is 5.70. The van der Waals surface area contributed by atoms with E-state index in [0.29, 0.717) is 0 Å². The van der Waals surface area contributed by atoms with E-state index in [4.69, 9.17) is 11.5 Å². The lowest BCUT2D eigenvalue weighted by Crippen LogP contribution is -2.43. The van der Waals surface area contributed by atoms with Crippen LogP contribution in [0.5, 0.6) is 0 Å². The van der Waals surface area contributed by atoms with Crippen molar-refractivity contribution < 1.29 is 18.0 Å². The zero-order valence-electron chi connectivity index (χ0n) is 10.8. The summed E-state index contributed by atoms with van der Waals surface area (Å²) < 4.78 is 40.1. The van der Waals surface area contributed by atoms with Crippen LogP contribution < -0.4 is 11.5 Å². The van der Waals surface area contributed by atoms with E-state index in [-0.39, 0.29) is 16.7 Å². The summed E-state index contributed by atoms with van der Waals surface area (Å²) in [4.78, 5) is 15.0. The van der Waals surface area contributed by atoms with Gasteiger partial charge in [0.2, 0.25) is 11.7 Å². The molecule has 2 rings (SSSR count). The third-order valence-electron chi connectivity index (χ3n) is 3.09. The number of carbonyl (C=O) groups excluding carboxylic acids is 1. The number of primary amides is 1. The zero-order chi connectivity index (χ0) is 15.3. The molecule has 0 radical (unpaired) electrons. The number of hydrogen-bond donors (Lipinski definition) is 2. The van der Waals surface area contributed by atoms with Gasteiger partial charge >= 0.3 is 6.18 Å². The summed E-state index contributed by atoms with van der Waals surface area (Å²) in [6.07, 6.45) is -4.71. The van der Waals surface area contributed by atoms with E-state index < -0.39 is 23.4 Å². The van der Waals surface area contributed by atoms with E-state index >= 15 is 0 Å². The van der Waals surface area contributed by atoms with Crippen molar-refractivity contribution in [2.75, 3.05) is 5.73 Å². The van der Waals surface area contributed by atoms with Gasteiger partial charge < -0.3 is 16.0 Å². The first-order chi connectivity index (χ1) is 9.05. The standard InChI is InChI=1S/C12H13F3N4O/c1-11(2,9(17)20)19-8-4-3-6(16)5-7(8)18-10(19)12(13,14)15/h3-5H,16H2,1-2H3,(H2,17,20). The molecule has 1 aromatic carbocycles. The van der Waals surface area contributed by atoms with Crippen LogP contribution in [-0.2, 0) is 16.5 Å². The van der Waals surface area contributed by atoms with Crippen LogP contribution in [-0.4, -0.2) is 15.5 Å². The lowest BCUT2D eigenvalue weighted by atomic mass is 10.0. The number of nitrogens with two attached hydrogens (primary N) is 2. The van der Waals surface area contributed by atoms with E-state index in [9.17, 15) is 18.0 Å². The number of rotatable bonds is 2. The molecular weight excluding hydrogens is 273 g/mol. The van der Waals surface area contributed by atoms with Crippen molar-refractivity contribution in [1.82, 2.24) is 9.55 Å². The van der Waals surface area contributed by atoms with Crippen molar-refractivity contribution in [3.8, 4) is 0 Å². The number of amides is 1. The quantitative estimate of drug-likeness (QED) is 0.826. The highest BCUT2D eigenvalue weighted by Gasteiger charge is 2.43. The van der Waals surface area contributed by atoms with E-state index in [1.807, 2.05) is 0 Å². The molecule has 108 valence electrons. The Morgan fingerprint density at radius 2 is 1.90 bits per heavy atom. The topological polar surface area (TPSA) is 86.9 Å². The Morgan fingerprint density at radius 1 is 1.30 bits per heavy atom. The highest BCUT2D eigenvalue weighted by atomic mass is 19.4. The van der Waals surface area contributed by atoms with Crippen LogP contribution in [0.2, 0.25) is 0 Å². The van der Waals surface area contributed by atoms with Crippen LogP contribution in [0.15, 0.2) is 18.2 Å². The fourth-order valence-corrected chi connectivity index (χ4v) is 1.96. The number of imidazole rings is 1. The smallest absolute Gasteiger partial charge is 0.399 e. The highest BCUT2D eigenvalue weighted by Crippen LogP contribution is 2.35. The van der Waals surface area contributed by atoms with Gasteiger partial charge in [0.1, 0.15) is 5.54 Å². The van der Waals surface area contributed by atoms with E-state index in [1.54, 1.807) is 0 Å². The van der Waals surface area contributed by atoms with Crippen molar-refractivity contribution in [2.24, 2.45) is 5.73 Å². The Bertz CT molecular complexity index is 688. The second kappa shape index (κ2) is 4.12. The minimum atomic E-state index is -4.71. The minimum absolute atomic E-state index is 0.0617. The van der Waals surface area contributed by atoms with Gasteiger partial charge in [-0.15, -0.1) is 0 Å². The van der Waals surface area contributed by atoms with Gasteiger partial charge in [-0.05, 0) is 32.0 Å². The zero-order valence-corrected chi connectivity index (χ0v) is 10.8. The first kappa shape index (κ1) is 14.2. The monoisotopic (exact) mass is 286 g/mol. The van der Waals surface area contributed by atoms with Gasteiger partial charge in [-0.25, -0.2) is 4.98 Å². The second-order valence-electron chi connectivity index (χ2n) is 4.94. The largest absolute Gasteiger partial charge is 0.449 e. The molecule has 0 spiro atoms. The van der Waals surface area contributed by atoms with Gasteiger partial charge in [0.25, 0.3) is 0 Å². The maximum atomic E-state index is 13.1. The lowest BCUT2D eigenvalue weighted by molar-refractivity contribution is -0.150. The molecule has 20 heavy (non-hydrogen) atoms. The number of carbonyl (C=O) groups is 1. The van der Waals surface area contributed by atoms with Crippen LogP contribution in [0, 0.1) is 0 Å². The number of halogens is 3. The third-order valence-corrected chi connectivity index (χ3v) is 3.09. The van der Waals surface area contributed by atoms with Gasteiger partial charge in [-0.2, -0.15) is 13.2 Å². The molecule has 0 fully saturated rings. The van der Waals surface area contributed by atoms with Crippen molar-refractivity contribution in [1.29, 1.82) is 0 Å². The Balaban J connectivity index is 2.89. The molecule has 0 aliphatic rings. The average molecular weight is 286 g/mol. The van der Waals surface area contributed by atoms with Crippen LogP contribution in [0.3, 0.4) is 0 Å². The first-order valence-corrected chi connectivity index (χ1v) is 5.70. The van der Waals surface area contributed by atoms with Crippen molar-refractivity contribution in [3.05, 3.63) is 24.0 Å². The second-order valence-corrected chi connectivity index (χ2v) is 4.94. The molecule has 1 aromatic heterocycles. The fraction of sp³-hybridized carbons (Fsp3) is 0.333. The molecule has 0 saturated heterocycles. The number of nitrogens with zero attached hydrogens (tertiary/aromatic N) is 2. The normalized spacial score (nSPS) is 12.8. The molecule has 2 aromatic rings. The van der Waals surface area contributed by atoms with E-state index in [1.165, 1.54) is 32.0 Å². The lowest BCUT2D eigenvalue weighted by Gasteiger charge is -2.26. The summed E-state index contributed by atoms with van der Waals surface area (Å²) in [5.41, 5.74) is 9.68. The summed E-state index contributed by atoms with van der Waals surface area (Å²) >= 11 is 0. The van der Waals surface area contributed by atoms with Gasteiger partial charge in [-0.1, -0.05) is 0 Å². The Hall–Kier alpha value is -2.25. The fourth-order valence-electron chi connectivity index (χ4n) is 1.96. The van der Waals surface area contributed by atoms with Crippen LogP contribution in [0.4, 0.5) is 18.9 Å². The molecule has 0 aliphatic heterocycles. The maximum absolute atomic E-state index is 13.1. The molecule has 1 amide bonds.